The molecular weight excluding hydrogens is 505 g/mol. The van der Waals surface area contributed by atoms with E-state index in [4.69, 9.17) is 30.3 Å². The van der Waals surface area contributed by atoms with Crippen LogP contribution in [-0.2, 0) is 30.6 Å². The third-order valence-corrected chi connectivity index (χ3v) is 7.83. The van der Waals surface area contributed by atoms with Gasteiger partial charge in [0.2, 0.25) is 0 Å². The van der Waals surface area contributed by atoms with E-state index in [-0.39, 0.29) is 30.7 Å². The Morgan fingerprint density at radius 3 is 2.61 bits per heavy atom. The highest BCUT2D eigenvalue weighted by molar-refractivity contribution is 8.09. The second-order valence-corrected chi connectivity index (χ2v) is 13.2. The summed E-state index contributed by atoms with van der Waals surface area (Å²) in [5, 5.41) is 3.03. The number of benzene rings is 1. The highest BCUT2D eigenvalue weighted by Crippen LogP contribution is 2.46. The van der Waals surface area contributed by atoms with E-state index in [2.05, 4.69) is 10.1 Å². The SMILES string of the molecule is C[C@H](NP(=S)(OC[C@@H]1C[C@H](C)[C@H](n2ccc(=O)[nH]c2=O)O1)Oc1ccccc1)C(=O)OCC(C)(C)C. The Balaban J connectivity index is 1.69. The molecule has 0 spiro atoms. The van der Waals surface area contributed by atoms with E-state index in [1.807, 2.05) is 45.9 Å². The Labute approximate surface area is 215 Å². The first-order chi connectivity index (χ1) is 16.8. The first-order valence-corrected chi connectivity index (χ1v) is 14.4. The normalized spacial score (nSPS) is 22.5. The molecule has 1 aromatic heterocycles. The molecular formula is C24H34N3O7PS. The van der Waals surface area contributed by atoms with Crippen LogP contribution in [0, 0.1) is 11.3 Å². The average Bonchev–Trinajstić information content (AvgIpc) is 3.16. The van der Waals surface area contributed by atoms with Gasteiger partial charge in [-0.15, -0.1) is 0 Å². The largest absolute Gasteiger partial charge is 0.464 e. The van der Waals surface area contributed by atoms with Gasteiger partial charge in [0.1, 0.15) is 18.0 Å². The molecule has 0 aliphatic carbocycles. The number of nitrogens with one attached hydrogen (secondary N) is 2. The second kappa shape index (κ2) is 11.8. The number of ether oxygens (including phenoxy) is 2. The molecule has 0 radical (unpaired) electrons. The van der Waals surface area contributed by atoms with Gasteiger partial charge in [0, 0.05) is 18.2 Å². The Kier molecular flexibility index (Phi) is 9.29. The summed E-state index contributed by atoms with van der Waals surface area (Å²) in [7, 11) is 0. The van der Waals surface area contributed by atoms with Crippen molar-refractivity contribution in [3.8, 4) is 5.75 Å². The van der Waals surface area contributed by atoms with Crippen molar-refractivity contribution in [3.63, 3.8) is 0 Å². The Morgan fingerprint density at radius 1 is 1.28 bits per heavy atom. The number of nitrogens with zero attached hydrogens (tertiary/aromatic N) is 1. The number of aromatic amines is 1. The topological polar surface area (TPSA) is 121 Å². The zero-order valence-corrected chi connectivity index (χ0v) is 22.8. The monoisotopic (exact) mass is 539 g/mol. The van der Waals surface area contributed by atoms with Crippen molar-refractivity contribution in [2.24, 2.45) is 11.3 Å². The summed E-state index contributed by atoms with van der Waals surface area (Å²) in [6, 6.07) is 9.48. The Hall–Kier alpha value is -2.30. The standard InChI is InChI=1S/C24H34N3O7PS/c1-16-13-19(33-21(16)27-12-11-20(28)25-23(27)30)14-32-35(36,34-18-9-7-6-8-10-18)26-17(2)22(29)31-15-24(3,4)5/h6-12,16-17,19,21H,13-15H2,1-5H3,(H,26,36)(H,25,28,30)/t16-,17-,19-,21+,35?/m0/s1. The number of hydrogen-bond acceptors (Lipinski definition) is 8. The second-order valence-electron chi connectivity index (χ2n) is 10.1. The fourth-order valence-corrected chi connectivity index (χ4v) is 6.02. The molecule has 36 heavy (non-hydrogen) atoms. The summed E-state index contributed by atoms with van der Waals surface area (Å²) in [5.74, 6) is 0.0268. The number of para-hydroxylation sites is 1. The summed E-state index contributed by atoms with van der Waals surface area (Å²) in [6.45, 7) is 6.66. The van der Waals surface area contributed by atoms with Crippen LogP contribution in [-0.4, -0.2) is 40.9 Å². The predicted molar refractivity (Wildman–Crippen MR) is 139 cm³/mol. The van der Waals surface area contributed by atoms with Crippen molar-refractivity contribution in [1.82, 2.24) is 14.6 Å². The van der Waals surface area contributed by atoms with Crippen molar-refractivity contribution in [1.29, 1.82) is 0 Å². The van der Waals surface area contributed by atoms with Crippen LogP contribution in [0.4, 0.5) is 0 Å². The number of carbonyl (C=O) groups is 1. The number of rotatable bonds is 10. The van der Waals surface area contributed by atoms with Crippen molar-refractivity contribution < 1.29 is 23.3 Å². The lowest BCUT2D eigenvalue weighted by Crippen LogP contribution is -2.37. The van der Waals surface area contributed by atoms with Crippen molar-refractivity contribution in [2.75, 3.05) is 13.2 Å². The minimum Gasteiger partial charge on any atom is -0.464 e. The van der Waals surface area contributed by atoms with Crippen LogP contribution in [0.25, 0.3) is 0 Å². The lowest BCUT2D eigenvalue weighted by Gasteiger charge is -2.28. The van der Waals surface area contributed by atoms with Crippen LogP contribution < -0.4 is 20.9 Å². The van der Waals surface area contributed by atoms with E-state index >= 15 is 0 Å². The van der Waals surface area contributed by atoms with Crippen LogP contribution in [0.1, 0.15) is 47.3 Å². The van der Waals surface area contributed by atoms with E-state index in [9.17, 15) is 14.4 Å². The van der Waals surface area contributed by atoms with Crippen molar-refractivity contribution >= 4 is 24.4 Å². The van der Waals surface area contributed by atoms with Gasteiger partial charge in [-0.25, -0.2) is 9.88 Å². The molecule has 1 fully saturated rings. The highest BCUT2D eigenvalue weighted by Gasteiger charge is 2.36. The molecule has 1 aliphatic rings. The van der Waals surface area contributed by atoms with E-state index in [0.29, 0.717) is 12.2 Å². The van der Waals surface area contributed by atoms with Gasteiger partial charge >= 0.3 is 18.3 Å². The van der Waals surface area contributed by atoms with E-state index in [1.165, 1.54) is 16.8 Å². The van der Waals surface area contributed by atoms with Crippen LogP contribution >= 0.6 is 6.64 Å². The molecule has 1 unspecified atom stereocenters. The smallest absolute Gasteiger partial charge is 0.330 e. The summed E-state index contributed by atoms with van der Waals surface area (Å²) in [4.78, 5) is 38.4. The van der Waals surface area contributed by atoms with E-state index in [1.54, 1.807) is 19.1 Å². The van der Waals surface area contributed by atoms with E-state index in [0.717, 1.165) is 0 Å². The van der Waals surface area contributed by atoms with Gasteiger partial charge in [-0.1, -0.05) is 45.9 Å². The molecule has 2 heterocycles. The van der Waals surface area contributed by atoms with Gasteiger partial charge < -0.3 is 18.5 Å². The molecule has 1 aromatic carbocycles. The van der Waals surface area contributed by atoms with Crippen molar-refractivity contribution in [3.05, 3.63) is 63.4 Å². The molecule has 0 saturated carbocycles. The highest BCUT2D eigenvalue weighted by atomic mass is 32.5. The van der Waals surface area contributed by atoms with Crippen LogP contribution in [0.3, 0.4) is 0 Å². The summed E-state index contributed by atoms with van der Waals surface area (Å²) in [6.07, 6.45) is 1.08. The zero-order valence-electron chi connectivity index (χ0n) is 21.1. The molecule has 0 amide bonds. The molecule has 2 aromatic rings. The van der Waals surface area contributed by atoms with Gasteiger partial charge in [-0.05, 0) is 42.7 Å². The first kappa shape index (κ1) is 28.3. The van der Waals surface area contributed by atoms with Gasteiger partial charge in [0.15, 0.2) is 0 Å². The number of esters is 1. The average molecular weight is 540 g/mol. The molecule has 12 heteroatoms. The third-order valence-electron chi connectivity index (χ3n) is 5.33. The first-order valence-electron chi connectivity index (χ1n) is 11.8. The van der Waals surface area contributed by atoms with Crippen LogP contribution in [0.15, 0.2) is 52.2 Å². The minimum atomic E-state index is -3.21. The predicted octanol–water partition coefficient (Wildman–Crippen LogP) is 3.35. The molecule has 2 N–H and O–H groups in total. The minimum absolute atomic E-state index is 0.0191. The molecule has 10 nitrogen and oxygen atoms in total. The molecule has 0 bridgehead atoms. The van der Waals surface area contributed by atoms with Gasteiger partial charge in [-0.2, -0.15) is 0 Å². The van der Waals surface area contributed by atoms with E-state index < -0.39 is 36.1 Å². The summed E-state index contributed by atoms with van der Waals surface area (Å²) < 4.78 is 25.0. The maximum Gasteiger partial charge on any atom is 0.330 e. The molecule has 198 valence electrons. The Morgan fingerprint density at radius 2 is 1.97 bits per heavy atom. The quantitative estimate of drug-likeness (QED) is 0.346. The third kappa shape index (κ3) is 8.11. The van der Waals surface area contributed by atoms with Crippen LogP contribution in [0.5, 0.6) is 5.75 Å². The number of carbonyl (C=O) groups excluding carboxylic acids is 1. The molecule has 5 atom stereocenters. The fraction of sp³-hybridized carbons (Fsp3) is 0.542. The number of aromatic nitrogens is 2. The zero-order chi connectivity index (χ0) is 26.5. The molecule has 1 aliphatic heterocycles. The lowest BCUT2D eigenvalue weighted by molar-refractivity contribution is -0.148. The van der Waals surface area contributed by atoms with Gasteiger partial charge in [-0.3, -0.25) is 19.1 Å². The van der Waals surface area contributed by atoms with Gasteiger partial charge in [0.25, 0.3) is 5.56 Å². The van der Waals surface area contributed by atoms with Crippen molar-refractivity contribution in [2.45, 2.75) is 59.4 Å². The maximum atomic E-state index is 12.6. The molecule has 3 rings (SSSR count). The number of H-pyrrole nitrogens is 1. The lowest BCUT2D eigenvalue weighted by atomic mass is 9.99. The number of hydrogen-bond donors (Lipinski definition) is 2. The van der Waals surface area contributed by atoms with Gasteiger partial charge in [0.05, 0.1) is 19.3 Å². The summed E-state index contributed by atoms with van der Waals surface area (Å²) >= 11 is 5.76. The fourth-order valence-electron chi connectivity index (χ4n) is 3.59. The maximum absolute atomic E-state index is 12.6. The summed E-state index contributed by atoms with van der Waals surface area (Å²) in [5.41, 5.74) is -1.18. The molecule has 1 saturated heterocycles. The Bertz CT molecular complexity index is 1190. The van der Waals surface area contributed by atoms with Crippen LogP contribution in [0.2, 0.25) is 0 Å².